The summed E-state index contributed by atoms with van der Waals surface area (Å²) in [6, 6.07) is 14.6. The van der Waals surface area contributed by atoms with Crippen molar-refractivity contribution in [3.8, 4) is 5.69 Å². The van der Waals surface area contributed by atoms with Crippen LogP contribution < -0.4 is 5.32 Å². The molecule has 3 heterocycles. The maximum atomic E-state index is 13.7. The molecule has 7 heteroatoms. The molecule has 29 heavy (non-hydrogen) atoms. The predicted molar refractivity (Wildman–Crippen MR) is 118 cm³/mol. The highest BCUT2D eigenvalue weighted by Crippen LogP contribution is 2.39. The quantitative estimate of drug-likeness (QED) is 0.530. The van der Waals surface area contributed by atoms with Gasteiger partial charge in [-0.3, -0.25) is 4.98 Å². The van der Waals surface area contributed by atoms with Crippen molar-refractivity contribution in [2.24, 2.45) is 0 Å². The smallest absolute Gasteiger partial charge is 0.170 e. The number of unbranched alkanes of at least 4 members (excludes halogenated alkanes) is 1. The van der Waals surface area contributed by atoms with Crippen LogP contribution in [0.2, 0.25) is 5.02 Å². The van der Waals surface area contributed by atoms with Crippen LogP contribution in [-0.2, 0) is 0 Å². The van der Waals surface area contributed by atoms with Crippen LogP contribution in [0.15, 0.2) is 60.9 Å². The zero-order valence-electron chi connectivity index (χ0n) is 16.1. The monoisotopic (exact) mass is 428 g/mol. The van der Waals surface area contributed by atoms with Gasteiger partial charge >= 0.3 is 0 Å². The summed E-state index contributed by atoms with van der Waals surface area (Å²) in [4.78, 5) is 6.80. The molecule has 0 radical (unpaired) electrons. The van der Waals surface area contributed by atoms with E-state index in [4.69, 9.17) is 23.8 Å². The molecule has 2 atom stereocenters. The minimum Gasteiger partial charge on any atom is -0.352 e. The zero-order chi connectivity index (χ0) is 20.4. The molecule has 1 N–H and O–H groups in total. The van der Waals surface area contributed by atoms with E-state index < -0.39 is 5.82 Å². The van der Waals surface area contributed by atoms with Crippen LogP contribution in [0.4, 0.5) is 4.39 Å². The molecule has 0 bridgehead atoms. The summed E-state index contributed by atoms with van der Waals surface area (Å²) < 4.78 is 15.7. The Morgan fingerprint density at radius 1 is 1.21 bits per heavy atom. The summed E-state index contributed by atoms with van der Waals surface area (Å²) in [7, 11) is 0. The molecule has 2 unspecified atom stereocenters. The first kappa shape index (κ1) is 19.9. The fourth-order valence-electron chi connectivity index (χ4n) is 3.80. The highest BCUT2D eigenvalue weighted by molar-refractivity contribution is 7.80. The first-order chi connectivity index (χ1) is 14.1. The van der Waals surface area contributed by atoms with Gasteiger partial charge in [-0.1, -0.05) is 31.0 Å². The zero-order valence-corrected chi connectivity index (χ0v) is 17.6. The summed E-state index contributed by atoms with van der Waals surface area (Å²) in [5.41, 5.74) is 2.79. The highest BCUT2D eigenvalue weighted by Gasteiger charge is 2.40. The number of benzene rings is 1. The van der Waals surface area contributed by atoms with Crippen molar-refractivity contribution in [1.82, 2.24) is 19.8 Å². The van der Waals surface area contributed by atoms with Crippen LogP contribution in [-0.4, -0.2) is 26.1 Å². The minimum absolute atomic E-state index is 0.0391. The van der Waals surface area contributed by atoms with Crippen molar-refractivity contribution in [2.75, 3.05) is 6.54 Å². The van der Waals surface area contributed by atoms with Gasteiger partial charge in [0, 0.05) is 30.3 Å². The number of pyridine rings is 1. The Bertz CT molecular complexity index is 1010. The van der Waals surface area contributed by atoms with Gasteiger partial charge in [0.1, 0.15) is 5.82 Å². The average Bonchev–Trinajstić information content (AvgIpc) is 3.33. The molecule has 0 saturated carbocycles. The molecule has 0 amide bonds. The van der Waals surface area contributed by atoms with Crippen molar-refractivity contribution in [3.63, 3.8) is 0 Å². The number of nitrogens with one attached hydrogen (secondary N) is 1. The Balaban J connectivity index is 1.79. The summed E-state index contributed by atoms with van der Waals surface area (Å²) >= 11 is 11.7. The largest absolute Gasteiger partial charge is 0.352 e. The summed E-state index contributed by atoms with van der Waals surface area (Å²) in [6.07, 6.45) is 5.88. The Morgan fingerprint density at radius 2 is 2.07 bits per heavy atom. The van der Waals surface area contributed by atoms with E-state index in [2.05, 4.69) is 28.2 Å². The van der Waals surface area contributed by atoms with Crippen LogP contribution in [0.3, 0.4) is 0 Å². The van der Waals surface area contributed by atoms with E-state index in [0.29, 0.717) is 0 Å². The van der Waals surface area contributed by atoms with E-state index in [1.807, 2.05) is 35.0 Å². The summed E-state index contributed by atoms with van der Waals surface area (Å²) in [5.74, 6) is -0.427. The van der Waals surface area contributed by atoms with Gasteiger partial charge in [-0.15, -0.1) is 0 Å². The van der Waals surface area contributed by atoms with E-state index in [1.54, 1.807) is 18.3 Å². The van der Waals surface area contributed by atoms with E-state index in [1.165, 1.54) is 6.07 Å². The summed E-state index contributed by atoms with van der Waals surface area (Å²) in [6.45, 7) is 3.02. The Morgan fingerprint density at radius 3 is 2.79 bits per heavy atom. The average molecular weight is 429 g/mol. The molecule has 1 aliphatic heterocycles. The standard InChI is InChI=1S/C22H22ClFN4S/c1-2-3-12-28-21(20(26-22(28)29)18-7-4-5-11-25-18)19-8-6-13-27(19)15-9-10-17(24)16(23)14-15/h4-11,13-14,20-21H,2-3,12H2,1H3,(H,26,29). The Hall–Kier alpha value is -2.44. The topological polar surface area (TPSA) is 33.1 Å². The number of nitrogens with zero attached hydrogens (tertiary/aromatic N) is 3. The molecule has 1 aliphatic rings. The maximum Gasteiger partial charge on any atom is 0.170 e. The molecule has 0 aliphatic carbocycles. The van der Waals surface area contributed by atoms with Crippen LogP contribution in [0.1, 0.15) is 43.2 Å². The van der Waals surface area contributed by atoms with E-state index in [-0.39, 0.29) is 17.1 Å². The normalized spacial score (nSPS) is 18.9. The van der Waals surface area contributed by atoms with Crippen LogP contribution in [0, 0.1) is 5.82 Å². The van der Waals surface area contributed by atoms with Crippen LogP contribution in [0.25, 0.3) is 5.69 Å². The summed E-state index contributed by atoms with van der Waals surface area (Å²) in [5, 5.41) is 4.29. The lowest BCUT2D eigenvalue weighted by Gasteiger charge is -2.29. The Labute approximate surface area is 180 Å². The van der Waals surface area contributed by atoms with Crippen LogP contribution >= 0.6 is 23.8 Å². The molecule has 4 nitrogen and oxygen atoms in total. The van der Waals surface area contributed by atoms with E-state index >= 15 is 0 Å². The third kappa shape index (κ3) is 3.87. The SMILES string of the molecule is CCCCN1C(=S)NC(c2ccccn2)C1c1cccn1-c1ccc(F)c(Cl)c1. The van der Waals surface area contributed by atoms with Gasteiger partial charge in [0.25, 0.3) is 0 Å². The lowest BCUT2D eigenvalue weighted by Crippen LogP contribution is -2.31. The fraction of sp³-hybridized carbons (Fsp3) is 0.273. The fourth-order valence-corrected chi connectivity index (χ4v) is 4.31. The number of thiocarbonyl (C=S) groups is 1. The number of aromatic nitrogens is 2. The second kappa shape index (κ2) is 8.51. The third-order valence-electron chi connectivity index (χ3n) is 5.22. The number of halogens is 2. The van der Waals surface area contributed by atoms with Crippen molar-refractivity contribution in [3.05, 3.63) is 83.2 Å². The molecule has 1 fully saturated rings. The minimum atomic E-state index is -0.427. The molecular formula is C22H22ClFN4S. The van der Waals surface area contributed by atoms with Gasteiger partial charge in [0.05, 0.1) is 22.8 Å². The first-order valence-electron chi connectivity index (χ1n) is 9.71. The third-order valence-corrected chi connectivity index (χ3v) is 5.86. The number of rotatable bonds is 6. The van der Waals surface area contributed by atoms with Gasteiger partial charge in [-0.2, -0.15) is 0 Å². The van der Waals surface area contributed by atoms with Crippen molar-refractivity contribution < 1.29 is 4.39 Å². The second-order valence-corrected chi connectivity index (χ2v) is 7.87. The van der Waals surface area contributed by atoms with Crippen molar-refractivity contribution in [2.45, 2.75) is 31.8 Å². The van der Waals surface area contributed by atoms with Crippen molar-refractivity contribution >= 4 is 28.9 Å². The second-order valence-electron chi connectivity index (χ2n) is 7.08. The molecular weight excluding hydrogens is 407 g/mol. The van der Waals surface area contributed by atoms with Crippen molar-refractivity contribution in [1.29, 1.82) is 0 Å². The van der Waals surface area contributed by atoms with Gasteiger partial charge in [0.15, 0.2) is 5.11 Å². The molecule has 2 aromatic heterocycles. The van der Waals surface area contributed by atoms with Gasteiger partial charge in [-0.25, -0.2) is 4.39 Å². The number of hydrogen-bond donors (Lipinski definition) is 1. The molecule has 0 spiro atoms. The van der Waals surface area contributed by atoms with Crippen LogP contribution in [0.5, 0.6) is 0 Å². The molecule has 1 aromatic carbocycles. The maximum absolute atomic E-state index is 13.7. The number of hydrogen-bond acceptors (Lipinski definition) is 2. The lowest BCUT2D eigenvalue weighted by molar-refractivity contribution is 0.304. The van der Waals surface area contributed by atoms with E-state index in [9.17, 15) is 4.39 Å². The molecule has 1 saturated heterocycles. The van der Waals surface area contributed by atoms with Gasteiger partial charge in [0.2, 0.25) is 0 Å². The van der Waals surface area contributed by atoms with Gasteiger partial charge < -0.3 is 14.8 Å². The first-order valence-corrected chi connectivity index (χ1v) is 10.5. The van der Waals surface area contributed by atoms with E-state index in [0.717, 1.165) is 41.6 Å². The highest BCUT2D eigenvalue weighted by atomic mass is 35.5. The predicted octanol–water partition coefficient (Wildman–Crippen LogP) is 5.44. The Kier molecular flexibility index (Phi) is 5.83. The molecule has 150 valence electrons. The molecule has 4 rings (SSSR count). The van der Waals surface area contributed by atoms with Gasteiger partial charge in [-0.05, 0) is 61.1 Å². The lowest BCUT2D eigenvalue weighted by atomic mass is 10.0. The molecule has 3 aromatic rings.